The molecule has 154 valence electrons. The molecule has 2 N–H and O–H groups in total. The number of rotatable bonds is 6. The Morgan fingerprint density at radius 2 is 2.07 bits per heavy atom. The van der Waals surface area contributed by atoms with Gasteiger partial charge in [0, 0.05) is 43.3 Å². The molecule has 1 fully saturated rings. The van der Waals surface area contributed by atoms with Crippen molar-refractivity contribution in [1.29, 1.82) is 0 Å². The van der Waals surface area contributed by atoms with Crippen molar-refractivity contribution in [3.63, 3.8) is 0 Å². The molecule has 2 aliphatic rings. The number of fused-ring (bicyclic) bond motifs is 3. The first-order chi connectivity index (χ1) is 14.2. The number of ether oxygens (including phenoxy) is 1. The topological polar surface area (TPSA) is 65.0 Å². The SMILES string of the molecule is CCCNC(=O)N1C[C@H]2[C@@H](c3ccccc31)[C@H](CO)N2Cc1cccc(OC)c1. The van der Waals surface area contributed by atoms with E-state index in [4.69, 9.17) is 4.74 Å². The third-order valence-corrected chi connectivity index (χ3v) is 6.10. The van der Waals surface area contributed by atoms with Crippen LogP contribution < -0.4 is 15.0 Å². The quantitative estimate of drug-likeness (QED) is 0.789. The highest BCUT2D eigenvalue weighted by atomic mass is 16.5. The van der Waals surface area contributed by atoms with E-state index < -0.39 is 0 Å². The Kier molecular flexibility index (Phi) is 5.74. The minimum absolute atomic E-state index is 0.0493. The summed E-state index contributed by atoms with van der Waals surface area (Å²) in [6.07, 6.45) is 0.905. The minimum atomic E-state index is -0.0495. The maximum atomic E-state index is 12.8. The molecule has 0 bridgehead atoms. The van der Waals surface area contributed by atoms with Crippen LogP contribution in [0.1, 0.15) is 30.4 Å². The Balaban J connectivity index is 1.61. The summed E-state index contributed by atoms with van der Waals surface area (Å²) in [6, 6.07) is 16.3. The van der Waals surface area contributed by atoms with Gasteiger partial charge in [-0.2, -0.15) is 0 Å². The Hall–Kier alpha value is -2.57. The molecule has 0 aromatic heterocycles. The van der Waals surface area contributed by atoms with Crippen molar-refractivity contribution < 1.29 is 14.6 Å². The Labute approximate surface area is 172 Å². The van der Waals surface area contributed by atoms with Crippen LogP contribution in [0.2, 0.25) is 0 Å². The first kappa shape index (κ1) is 19.7. The number of aliphatic hydroxyl groups excluding tert-OH is 1. The first-order valence-electron chi connectivity index (χ1n) is 10.3. The number of nitrogens with one attached hydrogen (secondary N) is 1. The summed E-state index contributed by atoms with van der Waals surface area (Å²) in [4.78, 5) is 17.0. The molecule has 6 heteroatoms. The van der Waals surface area contributed by atoms with Crippen molar-refractivity contribution in [3.05, 3.63) is 59.7 Å². The predicted octanol–water partition coefficient (Wildman–Crippen LogP) is 2.96. The van der Waals surface area contributed by atoms with Crippen LogP contribution in [0, 0.1) is 0 Å². The second kappa shape index (κ2) is 8.43. The second-order valence-corrected chi connectivity index (χ2v) is 7.77. The number of likely N-dealkylation sites (tertiary alicyclic amines) is 1. The molecule has 6 nitrogen and oxygen atoms in total. The van der Waals surface area contributed by atoms with E-state index in [9.17, 15) is 9.90 Å². The van der Waals surface area contributed by atoms with E-state index in [1.165, 1.54) is 0 Å². The average molecular weight is 396 g/mol. The summed E-state index contributed by atoms with van der Waals surface area (Å²) < 4.78 is 5.35. The molecule has 4 rings (SSSR count). The fraction of sp³-hybridized carbons (Fsp3) is 0.435. The van der Waals surface area contributed by atoms with Crippen molar-refractivity contribution in [2.45, 2.75) is 37.9 Å². The Bertz CT molecular complexity index is 872. The number of hydrogen-bond acceptors (Lipinski definition) is 4. The lowest BCUT2D eigenvalue weighted by Gasteiger charge is -2.59. The molecule has 2 aromatic carbocycles. The number of para-hydroxylation sites is 1. The number of methoxy groups -OCH3 is 1. The largest absolute Gasteiger partial charge is 0.497 e. The van der Waals surface area contributed by atoms with E-state index >= 15 is 0 Å². The number of hydrogen-bond donors (Lipinski definition) is 2. The fourth-order valence-corrected chi connectivity index (χ4v) is 4.70. The highest BCUT2D eigenvalue weighted by Crippen LogP contribution is 2.48. The molecule has 0 spiro atoms. The maximum Gasteiger partial charge on any atom is 0.321 e. The van der Waals surface area contributed by atoms with E-state index in [1.807, 2.05) is 48.2 Å². The molecule has 0 saturated carbocycles. The summed E-state index contributed by atoms with van der Waals surface area (Å²) in [6.45, 7) is 4.15. The number of carbonyl (C=O) groups is 1. The van der Waals surface area contributed by atoms with Crippen LogP contribution in [-0.4, -0.2) is 54.9 Å². The fourth-order valence-electron chi connectivity index (χ4n) is 4.70. The van der Waals surface area contributed by atoms with Gasteiger partial charge in [0.15, 0.2) is 0 Å². The molecule has 2 amide bonds. The first-order valence-corrected chi connectivity index (χ1v) is 10.3. The van der Waals surface area contributed by atoms with Crippen LogP contribution in [0.15, 0.2) is 48.5 Å². The van der Waals surface area contributed by atoms with Crippen LogP contribution in [-0.2, 0) is 6.54 Å². The third-order valence-electron chi connectivity index (χ3n) is 6.10. The number of aliphatic hydroxyl groups is 1. The molecule has 2 aromatic rings. The highest BCUT2D eigenvalue weighted by Gasteiger charge is 2.53. The van der Waals surface area contributed by atoms with Gasteiger partial charge in [-0.15, -0.1) is 0 Å². The lowest BCUT2D eigenvalue weighted by molar-refractivity contribution is -0.0485. The van der Waals surface area contributed by atoms with Crippen LogP contribution in [0.5, 0.6) is 5.75 Å². The predicted molar refractivity (Wildman–Crippen MR) is 113 cm³/mol. The molecule has 2 heterocycles. The lowest BCUT2D eigenvalue weighted by atomic mass is 9.72. The van der Waals surface area contributed by atoms with Gasteiger partial charge in [0.25, 0.3) is 0 Å². The standard InChI is InChI=1S/C23H29N3O3/c1-3-11-24-23(28)26-14-20-22(18-9-4-5-10-19(18)26)21(15-27)25(20)13-16-7-6-8-17(12-16)29-2/h4-10,12,20-22,27H,3,11,13-15H2,1-2H3,(H,24,28)/t20-,21-,22+/m0/s1. The van der Waals surface area contributed by atoms with Gasteiger partial charge in [-0.25, -0.2) is 4.79 Å². The molecule has 0 aliphatic carbocycles. The highest BCUT2D eigenvalue weighted by molar-refractivity contribution is 5.94. The van der Waals surface area contributed by atoms with Crippen molar-refractivity contribution >= 4 is 11.7 Å². The Morgan fingerprint density at radius 1 is 1.24 bits per heavy atom. The zero-order valence-electron chi connectivity index (χ0n) is 17.0. The van der Waals surface area contributed by atoms with Gasteiger partial charge >= 0.3 is 6.03 Å². The van der Waals surface area contributed by atoms with Crippen LogP contribution in [0.25, 0.3) is 0 Å². The molecule has 0 unspecified atom stereocenters. The molecular formula is C23H29N3O3. The van der Waals surface area contributed by atoms with Crippen molar-refractivity contribution in [2.75, 3.05) is 31.7 Å². The summed E-state index contributed by atoms with van der Waals surface area (Å²) in [5, 5.41) is 13.1. The summed E-state index contributed by atoms with van der Waals surface area (Å²) in [5.74, 6) is 1.06. The maximum absolute atomic E-state index is 12.8. The third kappa shape index (κ3) is 3.58. The monoisotopic (exact) mass is 395 g/mol. The summed E-state index contributed by atoms with van der Waals surface area (Å²) in [7, 11) is 1.67. The Morgan fingerprint density at radius 3 is 2.83 bits per heavy atom. The minimum Gasteiger partial charge on any atom is -0.497 e. The molecule has 3 atom stereocenters. The van der Waals surface area contributed by atoms with Gasteiger partial charge in [0.1, 0.15) is 5.75 Å². The van der Waals surface area contributed by atoms with Crippen molar-refractivity contribution in [2.24, 2.45) is 0 Å². The normalized spacial score (nSPS) is 23.0. The van der Waals surface area contributed by atoms with Crippen LogP contribution in [0.3, 0.4) is 0 Å². The molecule has 0 radical (unpaired) electrons. The van der Waals surface area contributed by atoms with E-state index in [0.29, 0.717) is 13.1 Å². The smallest absolute Gasteiger partial charge is 0.321 e. The summed E-state index contributed by atoms with van der Waals surface area (Å²) >= 11 is 0. The van der Waals surface area contributed by atoms with E-state index in [1.54, 1.807) is 7.11 Å². The second-order valence-electron chi connectivity index (χ2n) is 7.77. The van der Waals surface area contributed by atoms with Crippen LogP contribution >= 0.6 is 0 Å². The molecule has 29 heavy (non-hydrogen) atoms. The van der Waals surface area contributed by atoms with Crippen LogP contribution in [0.4, 0.5) is 10.5 Å². The van der Waals surface area contributed by atoms with Gasteiger partial charge in [0.05, 0.1) is 13.7 Å². The number of nitrogens with zero attached hydrogens (tertiary/aromatic N) is 2. The van der Waals surface area contributed by atoms with Crippen molar-refractivity contribution in [3.8, 4) is 5.75 Å². The average Bonchev–Trinajstić information content (AvgIpc) is 2.76. The molecular weight excluding hydrogens is 366 g/mol. The number of carbonyl (C=O) groups excluding carboxylic acids is 1. The van der Waals surface area contributed by atoms with Gasteiger partial charge < -0.3 is 15.2 Å². The number of urea groups is 1. The van der Waals surface area contributed by atoms with Gasteiger partial charge in [-0.1, -0.05) is 37.3 Å². The van der Waals surface area contributed by atoms with E-state index in [0.717, 1.165) is 35.5 Å². The van der Waals surface area contributed by atoms with Crippen molar-refractivity contribution in [1.82, 2.24) is 10.2 Å². The number of benzene rings is 2. The summed E-state index contributed by atoms with van der Waals surface area (Å²) in [5.41, 5.74) is 3.25. The van der Waals surface area contributed by atoms with E-state index in [2.05, 4.69) is 22.3 Å². The number of amides is 2. The zero-order valence-corrected chi connectivity index (χ0v) is 17.0. The number of anilines is 1. The van der Waals surface area contributed by atoms with Gasteiger partial charge in [-0.3, -0.25) is 9.80 Å². The lowest BCUT2D eigenvalue weighted by Crippen LogP contribution is -2.69. The zero-order chi connectivity index (χ0) is 20.4. The van der Waals surface area contributed by atoms with Gasteiger partial charge in [-0.05, 0) is 35.7 Å². The molecule has 2 aliphatic heterocycles. The van der Waals surface area contributed by atoms with Gasteiger partial charge in [0.2, 0.25) is 0 Å². The molecule has 1 saturated heterocycles. The van der Waals surface area contributed by atoms with E-state index in [-0.39, 0.29) is 30.6 Å².